The number of amides is 1. The number of ether oxygens (including phenoxy) is 1. The summed E-state index contributed by atoms with van der Waals surface area (Å²) in [6.07, 6.45) is 7.29. The minimum Gasteiger partial charge on any atom is -0.494 e. The van der Waals surface area contributed by atoms with Crippen LogP contribution in [0.2, 0.25) is 0 Å². The number of nitrogens with two attached hydrogens (primary N) is 1. The first kappa shape index (κ1) is 17.4. The van der Waals surface area contributed by atoms with Gasteiger partial charge in [-0.15, -0.1) is 0 Å². The molecule has 0 spiro atoms. The Bertz CT molecular complexity index is 505. The molecule has 0 bridgehead atoms. The van der Waals surface area contributed by atoms with Crippen LogP contribution in [-0.4, -0.2) is 19.1 Å². The van der Waals surface area contributed by atoms with Gasteiger partial charge < -0.3 is 15.8 Å². The van der Waals surface area contributed by atoms with Crippen molar-refractivity contribution in [2.75, 3.05) is 13.2 Å². The van der Waals surface area contributed by atoms with E-state index < -0.39 is 0 Å². The fourth-order valence-corrected chi connectivity index (χ4v) is 3.04. The van der Waals surface area contributed by atoms with E-state index in [1.54, 1.807) is 6.92 Å². The number of benzene rings is 1. The molecule has 4 heteroatoms. The van der Waals surface area contributed by atoms with Crippen LogP contribution < -0.4 is 15.8 Å². The number of para-hydroxylation sites is 1. The molecule has 0 heterocycles. The van der Waals surface area contributed by atoms with Gasteiger partial charge in [0.05, 0.1) is 6.61 Å². The summed E-state index contributed by atoms with van der Waals surface area (Å²) in [6, 6.07) is 9.99. The van der Waals surface area contributed by atoms with Crippen LogP contribution in [-0.2, 0) is 4.79 Å². The predicted octanol–water partition coefficient (Wildman–Crippen LogP) is 3.24. The third kappa shape index (κ3) is 5.97. The minimum atomic E-state index is -0.0501. The molecule has 0 aliphatic heterocycles. The third-order valence-electron chi connectivity index (χ3n) is 4.66. The SMILES string of the molecule is C/C(=C\N)C(=O)NCC1CCC(CCOc2ccccc2)CC1. The first-order valence-corrected chi connectivity index (χ1v) is 8.53. The van der Waals surface area contributed by atoms with E-state index >= 15 is 0 Å². The highest BCUT2D eigenvalue weighted by molar-refractivity contribution is 5.92. The van der Waals surface area contributed by atoms with E-state index in [4.69, 9.17) is 10.5 Å². The van der Waals surface area contributed by atoms with Gasteiger partial charge in [0.1, 0.15) is 5.75 Å². The zero-order valence-corrected chi connectivity index (χ0v) is 14.0. The minimum absolute atomic E-state index is 0.0501. The molecular weight excluding hydrogens is 288 g/mol. The quantitative estimate of drug-likeness (QED) is 0.759. The molecule has 1 aromatic carbocycles. The zero-order valence-electron chi connectivity index (χ0n) is 14.0. The number of hydrogen-bond acceptors (Lipinski definition) is 3. The average Bonchev–Trinajstić information content (AvgIpc) is 2.61. The van der Waals surface area contributed by atoms with Gasteiger partial charge in [-0.2, -0.15) is 0 Å². The Morgan fingerprint density at radius 2 is 1.87 bits per heavy atom. The van der Waals surface area contributed by atoms with Gasteiger partial charge in [-0.3, -0.25) is 4.79 Å². The van der Waals surface area contributed by atoms with Crippen molar-refractivity contribution in [2.45, 2.75) is 39.0 Å². The first-order chi connectivity index (χ1) is 11.2. The maximum Gasteiger partial charge on any atom is 0.248 e. The molecule has 1 aliphatic rings. The summed E-state index contributed by atoms with van der Waals surface area (Å²) in [5.74, 6) is 2.24. The molecule has 1 aromatic rings. The highest BCUT2D eigenvalue weighted by Crippen LogP contribution is 2.30. The Morgan fingerprint density at radius 3 is 2.52 bits per heavy atom. The third-order valence-corrected chi connectivity index (χ3v) is 4.66. The lowest BCUT2D eigenvalue weighted by atomic mass is 9.80. The smallest absolute Gasteiger partial charge is 0.248 e. The van der Waals surface area contributed by atoms with Crippen LogP contribution in [0.3, 0.4) is 0 Å². The van der Waals surface area contributed by atoms with Gasteiger partial charge in [-0.1, -0.05) is 18.2 Å². The van der Waals surface area contributed by atoms with Crippen LogP contribution in [0.25, 0.3) is 0 Å². The lowest BCUT2D eigenvalue weighted by Crippen LogP contribution is -2.32. The van der Waals surface area contributed by atoms with Gasteiger partial charge in [0.2, 0.25) is 5.91 Å². The average molecular weight is 316 g/mol. The van der Waals surface area contributed by atoms with E-state index in [2.05, 4.69) is 5.32 Å². The lowest BCUT2D eigenvalue weighted by Gasteiger charge is -2.28. The summed E-state index contributed by atoms with van der Waals surface area (Å²) in [6.45, 7) is 3.28. The maximum atomic E-state index is 11.7. The zero-order chi connectivity index (χ0) is 16.5. The topological polar surface area (TPSA) is 64.4 Å². The molecule has 0 unspecified atom stereocenters. The molecule has 0 radical (unpaired) electrons. The standard InChI is InChI=1S/C19H28N2O2/c1-15(13-20)19(22)21-14-17-9-7-16(8-10-17)11-12-23-18-5-3-2-4-6-18/h2-6,13,16-17H,7-12,14,20H2,1H3,(H,21,22)/b15-13+. The van der Waals surface area contributed by atoms with E-state index in [1.165, 1.54) is 31.9 Å². The summed E-state index contributed by atoms with van der Waals surface area (Å²) >= 11 is 0. The lowest BCUT2D eigenvalue weighted by molar-refractivity contribution is -0.117. The van der Waals surface area contributed by atoms with Gasteiger partial charge in [0.15, 0.2) is 0 Å². The van der Waals surface area contributed by atoms with Gasteiger partial charge >= 0.3 is 0 Å². The monoisotopic (exact) mass is 316 g/mol. The van der Waals surface area contributed by atoms with Gasteiger partial charge in [-0.25, -0.2) is 0 Å². The molecule has 1 saturated carbocycles. The fourth-order valence-electron chi connectivity index (χ4n) is 3.04. The molecule has 126 valence electrons. The van der Waals surface area contributed by atoms with Gasteiger partial charge in [0.25, 0.3) is 0 Å². The largest absolute Gasteiger partial charge is 0.494 e. The molecule has 1 aliphatic carbocycles. The van der Waals surface area contributed by atoms with Crippen molar-refractivity contribution in [3.63, 3.8) is 0 Å². The number of rotatable bonds is 7. The van der Waals surface area contributed by atoms with E-state index in [1.807, 2.05) is 30.3 Å². The Kier molecular flexibility index (Phi) is 6.98. The van der Waals surface area contributed by atoms with Crippen molar-refractivity contribution >= 4 is 5.91 Å². The highest BCUT2D eigenvalue weighted by Gasteiger charge is 2.21. The highest BCUT2D eigenvalue weighted by atomic mass is 16.5. The summed E-state index contributed by atoms with van der Waals surface area (Å²) in [5, 5.41) is 2.97. The van der Waals surface area contributed by atoms with Gasteiger partial charge in [-0.05, 0) is 63.0 Å². The van der Waals surface area contributed by atoms with Crippen LogP contribution in [0.4, 0.5) is 0 Å². The molecule has 4 nitrogen and oxygen atoms in total. The molecule has 3 N–H and O–H groups in total. The van der Waals surface area contributed by atoms with Crippen molar-refractivity contribution in [3.05, 3.63) is 42.1 Å². The summed E-state index contributed by atoms with van der Waals surface area (Å²) in [5.41, 5.74) is 5.93. The number of carbonyl (C=O) groups excluding carboxylic acids is 1. The van der Waals surface area contributed by atoms with Gasteiger partial charge in [0, 0.05) is 18.3 Å². The van der Waals surface area contributed by atoms with Crippen LogP contribution in [0.15, 0.2) is 42.1 Å². The molecular formula is C19H28N2O2. The molecule has 1 fully saturated rings. The predicted molar refractivity (Wildman–Crippen MR) is 93.0 cm³/mol. The normalized spacial score (nSPS) is 21.7. The second-order valence-electron chi connectivity index (χ2n) is 6.40. The number of hydrogen-bond donors (Lipinski definition) is 2. The molecule has 1 amide bonds. The molecule has 0 aromatic heterocycles. The Balaban J connectivity index is 1.59. The summed E-state index contributed by atoms with van der Waals surface area (Å²) < 4.78 is 5.78. The van der Waals surface area contributed by atoms with Crippen molar-refractivity contribution in [1.82, 2.24) is 5.32 Å². The van der Waals surface area contributed by atoms with E-state index in [-0.39, 0.29) is 5.91 Å². The van der Waals surface area contributed by atoms with Crippen molar-refractivity contribution in [3.8, 4) is 5.75 Å². The maximum absolute atomic E-state index is 11.7. The van der Waals surface area contributed by atoms with E-state index in [0.29, 0.717) is 11.5 Å². The molecule has 0 saturated heterocycles. The van der Waals surface area contributed by atoms with Crippen molar-refractivity contribution in [1.29, 1.82) is 0 Å². The van der Waals surface area contributed by atoms with Crippen molar-refractivity contribution < 1.29 is 9.53 Å². The fraction of sp³-hybridized carbons (Fsp3) is 0.526. The van der Waals surface area contributed by atoms with Crippen LogP contribution in [0.1, 0.15) is 39.0 Å². The van der Waals surface area contributed by atoms with E-state index in [0.717, 1.165) is 31.2 Å². The van der Waals surface area contributed by atoms with Crippen LogP contribution >= 0.6 is 0 Å². The van der Waals surface area contributed by atoms with Crippen LogP contribution in [0.5, 0.6) is 5.75 Å². The molecule has 0 atom stereocenters. The second kappa shape index (κ2) is 9.23. The number of nitrogens with one attached hydrogen (secondary N) is 1. The Hall–Kier alpha value is -1.97. The first-order valence-electron chi connectivity index (χ1n) is 8.53. The Morgan fingerprint density at radius 1 is 1.22 bits per heavy atom. The summed E-state index contributed by atoms with van der Waals surface area (Å²) in [7, 11) is 0. The number of carbonyl (C=O) groups is 1. The van der Waals surface area contributed by atoms with Crippen molar-refractivity contribution in [2.24, 2.45) is 17.6 Å². The second-order valence-corrected chi connectivity index (χ2v) is 6.40. The van der Waals surface area contributed by atoms with E-state index in [9.17, 15) is 4.79 Å². The molecule has 23 heavy (non-hydrogen) atoms. The Labute approximate surface area is 139 Å². The van der Waals surface area contributed by atoms with Crippen LogP contribution in [0, 0.1) is 11.8 Å². The molecule has 2 rings (SSSR count). The summed E-state index contributed by atoms with van der Waals surface area (Å²) in [4.78, 5) is 11.7.